The van der Waals surface area contributed by atoms with Crippen LogP contribution in [0.3, 0.4) is 0 Å². The van der Waals surface area contributed by atoms with E-state index < -0.39 is 0 Å². The Kier molecular flexibility index (Phi) is 16.5. The maximum Gasteiger partial charge on any atom is 0.286 e. The normalized spacial score (nSPS) is 11.1. The predicted octanol–water partition coefficient (Wildman–Crippen LogP) is 10.2. The molecule has 0 unspecified atom stereocenters. The van der Waals surface area contributed by atoms with Crippen LogP contribution < -0.4 is 10.1 Å². The molecule has 36 heavy (non-hydrogen) atoms. The maximum atomic E-state index is 12.3. The van der Waals surface area contributed by atoms with Gasteiger partial charge in [0.2, 0.25) is 0 Å². The molecule has 0 atom stereocenters. The van der Waals surface area contributed by atoms with Crippen LogP contribution >= 0.6 is 23.2 Å². The van der Waals surface area contributed by atoms with Crippen molar-refractivity contribution in [3.8, 4) is 5.75 Å². The molecule has 0 aliphatic carbocycles. The number of nitrogens with one attached hydrogen (secondary N) is 1. The summed E-state index contributed by atoms with van der Waals surface area (Å²) in [5, 5.41) is 3.93. The molecule has 1 amide bonds. The quantitative estimate of drug-likeness (QED) is 0.161. The van der Waals surface area contributed by atoms with Crippen molar-refractivity contribution < 1.29 is 13.9 Å². The minimum Gasteiger partial charge on any atom is -0.484 e. The van der Waals surface area contributed by atoms with Crippen LogP contribution in [0.15, 0.2) is 34.7 Å². The second-order valence-electron chi connectivity index (χ2n) is 9.69. The van der Waals surface area contributed by atoms with Gasteiger partial charge < -0.3 is 14.5 Å². The Bertz CT molecular complexity index is 852. The van der Waals surface area contributed by atoms with Crippen molar-refractivity contribution in [3.63, 3.8) is 0 Å². The molecule has 0 saturated heterocycles. The fourth-order valence-corrected chi connectivity index (χ4v) is 4.74. The molecule has 2 rings (SSSR count). The highest BCUT2D eigenvalue weighted by Gasteiger charge is 2.11. The zero-order valence-electron chi connectivity index (χ0n) is 22.1. The number of hydrogen-bond acceptors (Lipinski definition) is 3. The second kappa shape index (κ2) is 19.5. The molecule has 0 aliphatic rings. The summed E-state index contributed by atoms with van der Waals surface area (Å²) < 4.78 is 11.3. The molecule has 6 heteroatoms. The van der Waals surface area contributed by atoms with E-state index in [1.54, 1.807) is 30.3 Å². The van der Waals surface area contributed by atoms with E-state index in [1.807, 2.05) is 0 Å². The third-order valence-electron chi connectivity index (χ3n) is 6.47. The van der Waals surface area contributed by atoms with Crippen LogP contribution in [0.2, 0.25) is 10.0 Å². The van der Waals surface area contributed by atoms with E-state index in [9.17, 15) is 4.79 Å². The summed E-state index contributed by atoms with van der Waals surface area (Å²) in [4.78, 5) is 12.3. The molecule has 1 heterocycles. The first-order chi connectivity index (χ1) is 17.6. The van der Waals surface area contributed by atoms with Crippen molar-refractivity contribution in [1.29, 1.82) is 0 Å². The number of carbonyl (C=O) groups excluding carboxylic acids is 1. The lowest BCUT2D eigenvalue weighted by molar-refractivity contribution is 0.0921. The summed E-state index contributed by atoms with van der Waals surface area (Å²) in [6.45, 7) is 3.14. The van der Waals surface area contributed by atoms with Crippen molar-refractivity contribution in [2.24, 2.45) is 0 Å². The molecule has 0 bridgehead atoms. The summed E-state index contributed by atoms with van der Waals surface area (Å²) in [5.41, 5.74) is 0. The van der Waals surface area contributed by atoms with Crippen molar-refractivity contribution in [3.05, 3.63) is 51.9 Å². The van der Waals surface area contributed by atoms with Gasteiger partial charge in [-0.25, -0.2) is 0 Å². The van der Waals surface area contributed by atoms with Crippen LogP contribution in [-0.4, -0.2) is 12.5 Å². The van der Waals surface area contributed by atoms with Gasteiger partial charge in [0.1, 0.15) is 18.1 Å². The SMILES string of the molecule is CCCCCCCCCCCCCCCCCCNC(=O)c1ccc(COc2ccc(Cl)cc2Cl)o1. The number of hydrogen-bond donors (Lipinski definition) is 1. The van der Waals surface area contributed by atoms with Gasteiger partial charge in [0, 0.05) is 11.6 Å². The van der Waals surface area contributed by atoms with Gasteiger partial charge in [-0.1, -0.05) is 126 Å². The van der Waals surface area contributed by atoms with E-state index in [2.05, 4.69) is 12.2 Å². The second-order valence-corrected chi connectivity index (χ2v) is 10.5. The molecular formula is C30H45Cl2NO3. The molecule has 1 N–H and O–H groups in total. The first kappa shape index (κ1) is 30.6. The molecule has 0 radical (unpaired) electrons. The van der Waals surface area contributed by atoms with E-state index in [1.165, 1.54) is 89.9 Å². The maximum absolute atomic E-state index is 12.3. The number of furan rings is 1. The zero-order chi connectivity index (χ0) is 25.8. The third kappa shape index (κ3) is 13.6. The topological polar surface area (TPSA) is 51.5 Å². The van der Waals surface area contributed by atoms with Crippen molar-refractivity contribution in [2.45, 2.75) is 116 Å². The summed E-state index contributed by atoms with van der Waals surface area (Å²) in [6.07, 6.45) is 21.4. The van der Waals surface area contributed by atoms with Gasteiger partial charge in [0.25, 0.3) is 5.91 Å². The predicted molar refractivity (Wildman–Crippen MR) is 151 cm³/mol. The van der Waals surface area contributed by atoms with E-state index in [0.29, 0.717) is 33.9 Å². The molecular weight excluding hydrogens is 493 g/mol. The van der Waals surface area contributed by atoms with Crippen LogP contribution in [-0.2, 0) is 6.61 Å². The molecule has 0 fully saturated rings. The van der Waals surface area contributed by atoms with E-state index in [-0.39, 0.29) is 12.5 Å². The Labute approximate surface area is 228 Å². The third-order valence-corrected chi connectivity index (χ3v) is 7.00. The van der Waals surface area contributed by atoms with Crippen LogP contribution in [0, 0.1) is 0 Å². The molecule has 1 aromatic heterocycles. The summed E-state index contributed by atoms with van der Waals surface area (Å²) >= 11 is 12.0. The van der Waals surface area contributed by atoms with Gasteiger partial charge in [0.05, 0.1) is 5.02 Å². The van der Waals surface area contributed by atoms with E-state index >= 15 is 0 Å². The Morgan fingerprint density at radius 3 is 1.89 bits per heavy atom. The Morgan fingerprint density at radius 2 is 1.33 bits per heavy atom. The number of carbonyl (C=O) groups is 1. The molecule has 2 aromatic rings. The van der Waals surface area contributed by atoms with Gasteiger partial charge in [-0.15, -0.1) is 0 Å². The molecule has 4 nitrogen and oxygen atoms in total. The highest BCUT2D eigenvalue weighted by atomic mass is 35.5. The lowest BCUT2D eigenvalue weighted by atomic mass is 10.0. The smallest absolute Gasteiger partial charge is 0.286 e. The standard InChI is InChI=1S/C30H45Cl2NO3/c1-2-3-4-5-6-7-8-9-10-11-12-13-14-15-16-17-22-33-30(34)29-21-19-26(36-29)24-35-28-20-18-25(31)23-27(28)32/h18-21,23H,2-17,22,24H2,1H3,(H,33,34). The van der Waals surface area contributed by atoms with Crippen LogP contribution in [0.1, 0.15) is 126 Å². The van der Waals surface area contributed by atoms with Gasteiger partial charge in [-0.05, 0) is 36.8 Å². The minimum atomic E-state index is -0.188. The average Bonchev–Trinajstić information content (AvgIpc) is 3.34. The van der Waals surface area contributed by atoms with Gasteiger partial charge >= 0.3 is 0 Å². The summed E-state index contributed by atoms with van der Waals surface area (Å²) in [7, 11) is 0. The Hall–Kier alpha value is -1.65. The number of amides is 1. The van der Waals surface area contributed by atoms with Crippen LogP contribution in [0.4, 0.5) is 0 Å². The summed E-state index contributed by atoms with van der Waals surface area (Å²) in [5.74, 6) is 1.19. The van der Waals surface area contributed by atoms with Gasteiger partial charge in [-0.3, -0.25) is 4.79 Å². The fraction of sp³-hybridized carbons (Fsp3) is 0.633. The molecule has 0 spiro atoms. The lowest BCUT2D eigenvalue weighted by Crippen LogP contribution is -2.23. The highest BCUT2D eigenvalue weighted by molar-refractivity contribution is 6.35. The van der Waals surface area contributed by atoms with Gasteiger partial charge in [-0.2, -0.15) is 0 Å². The average molecular weight is 539 g/mol. The van der Waals surface area contributed by atoms with Crippen LogP contribution in [0.25, 0.3) is 0 Å². The first-order valence-corrected chi connectivity index (χ1v) is 14.8. The highest BCUT2D eigenvalue weighted by Crippen LogP contribution is 2.28. The molecule has 1 aromatic carbocycles. The monoisotopic (exact) mass is 537 g/mol. The number of halogens is 2. The zero-order valence-corrected chi connectivity index (χ0v) is 23.6. The number of unbranched alkanes of at least 4 members (excludes halogenated alkanes) is 15. The number of benzene rings is 1. The van der Waals surface area contributed by atoms with E-state index in [4.69, 9.17) is 32.4 Å². The molecule has 202 valence electrons. The van der Waals surface area contributed by atoms with Crippen molar-refractivity contribution >= 4 is 29.1 Å². The number of ether oxygens (including phenoxy) is 1. The van der Waals surface area contributed by atoms with Gasteiger partial charge in [0.15, 0.2) is 5.76 Å². The minimum absolute atomic E-state index is 0.188. The lowest BCUT2D eigenvalue weighted by Gasteiger charge is -2.06. The first-order valence-electron chi connectivity index (χ1n) is 14.0. The summed E-state index contributed by atoms with van der Waals surface area (Å²) in [6, 6.07) is 8.46. The van der Waals surface area contributed by atoms with E-state index in [0.717, 1.165) is 12.8 Å². The Morgan fingerprint density at radius 1 is 0.778 bits per heavy atom. The largest absolute Gasteiger partial charge is 0.484 e. The van der Waals surface area contributed by atoms with Crippen LogP contribution in [0.5, 0.6) is 5.75 Å². The fourth-order valence-electron chi connectivity index (χ4n) is 4.28. The molecule has 0 aliphatic heterocycles. The van der Waals surface area contributed by atoms with Crippen molar-refractivity contribution in [2.75, 3.05) is 6.54 Å². The Balaban J connectivity index is 1.41. The van der Waals surface area contributed by atoms with Crippen molar-refractivity contribution in [1.82, 2.24) is 5.32 Å². The molecule has 0 saturated carbocycles. The number of rotatable bonds is 21.